The number of aryl methyl sites for hydroxylation is 2. The van der Waals surface area contributed by atoms with Gasteiger partial charge < -0.3 is 5.32 Å². The zero-order valence-corrected chi connectivity index (χ0v) is 20.3. The lowest BCUT2D eigenvalue weighted by molar-refractivity contribution is -0.113. The van der Waals surface area contributed by atoms with Crippen LogP contribution in [0.2, 0.25) is 0 Å². The molecule has 0 saturated heterocycles. The van der Waals surface area contributed by atoms with Gasteiger partial charge in [0.2, 0.25) is 5.91 Å². The van der Waals surface area contributed by atoms with E-state index in [4.69, 9.17) is 4.98 Å². The largest absolute Gasteiger partial charge is 0.325 e. The molecule has 0 bridgehead atoms. The Balaban J connectivity index is 1.69. The van der Waals surface area contributed by atoms with Crippen molar-refractivity contribution in [1.29, 1.82) is 5.26 Å². The van der Waals surface area contributed by atoms with Crippen LogP contribution in [-0.2, 0) is 11.2 Å². The number of amides is 1. The van der Waals surface area contributed by atoms with Crippen LogP contribution in [0.25, 0.3) is 22.4 Å². The number of carbonyl (C=O) groups excluding carboxylic acids is 1. The topological polar surface area (TPSA) is 65.8 Å². The van der Waals surface area contributed by atoms with Crippen molar-refractivity contribution in [2.24, 2.45) is 0 Å². The van der Waals surface area contributed by atoms with Crippen LogP contribution in [0.15, 0.2) is 83.9 Å². The minimum absolute atomic E-state index is 0.0972. The number of halogens is 1. The van der Waals surface area contributed by atoms with Crippen LogP contribution in [0.5, 0.6) is 0 Å². The first kappa shape index (κ1) is 24.2. The smallest absolute Gasteiger partial charge is 0.234 e. The van der Waals surface area contributed by atoms with Gasteiger partial charge in [-0.15, -0.1) is 0 Å². The van der Waals surface area contributed by atoms with E-state index in [1.165, 1.54) is 23.9 Å². The third-order valence-electron chi connectivity index (χ3n) is 5.61. The van der Waals surface area contributed by atoms with Crippen LogP contribution in [0.4, 0.5) is 10.1 Å². The second-order valence-electron chi connectivity index (χ2n) is 8.07. The number of nitrogens with zero attached hydrogens (tertiary/aromatic N) is 2. The summed E-state index contributed by atoms with van der Waals surface area (Å²) in [6.07, 6.45) is 0.809. The lowest BCUT2D eigenvalue weighted by Crippen LogP contribution is -2.15. The molecule has 35 heavy (non-hydrogen) atoms. The molecule has 0 aliphatic carbocycles. The molecule has 1 amide bonds. The molecule has 0 spiro atoms. The molecule has 0 saturated carbocycles. The van der Waals surface area contributed by atoms with Gasteiger partial charge in [-0.05, 0) is 60.9 Å². The van der Waals surface area contributed by atoms with E-state index in [9.17, 15) is 14.4 Å². The number of nitrogens with one attached hydrogen (secondary N) is 1. The maximum absolute atomic E-state index is 13.5. The van der Waals surface area contributed by atoms with Crippen LogP contribution in [0.3, 0.4) is 0 Å². The van der Waals surface area contributed by atoms with Crippen molar-refractivity contribution in [3.63, 3.8) is 0 Å². The first-order valence-electron chi connectivity index (χ1n) is 11.3. The second-order valence-corrected chi connectivity index (χ2v) is 9.03. The van der Waals surface area contributed by atoms with Crippen molar-refractivity contribution >= 4 is 23.4 Å². The number of benzene rings is 3. The lowest BCUT2D eigenvalue weighted by Gasteiger charge is -2.13. The number of anilines is 1. The van der Waals surface area contributed by atoms with Gasteiger partial charge in [0.25, 0.3) is 0 Å². The number of para-hydroxylation sites is 1. The van der Waals surface area contributed by atoms with Gasteiger partial charge in [-0.25, -0.2) is 9.37 Å². The molecule has 4 aromatic rings. The minimum Gasteiger partial charge on any atom is -0.325 e. The molecule has 0 atom stereocenters. The molecule has 3 aromatic carbocycles. The quantitative estimate of drug-likeness (QED) is 0.288. The third kappa shape index (κ3) is 5.76. The predicted octanol–water partition coefficient (Wildman–Crippen LogP) is 7.03. The fourth-order valence-electron chi connectivity index (χ4n) is 3.73. The predicted molar refractivity (Wildman–Crippen MR) is 140 cm³/mol. The number of nitriles is 1. The molecule has 0 radical (unpaired) electrons. The monoisotopic (exact) mass is 481 g/mol. The number of hydrogen-bond acceptors (Lipinski definition) is 4. The summed E-state index contributed by atoms with van der Waals surface area (Å²) in [6.45, 7) is 4.04. The van der Waals surface area contributed by atoms with Gasteiger partial charge in [0.1, 0.15) is 16.9 Å². The highest BCUT2D eigenvalue weighted by Crippen LogP contribution is 2.34. The van der Waals surface area contributed by atoms with Gasteiger partial charge in [0, 0.05) is 16.8 Å². The number of thioether (sulfide) groups is 1. The number of rotatable bonds is 7. The Kier molecular flexibility index (Phi) is 7.59. The summed E-state index contributed by atoms with van der Waals surface area (Å²) in [5, 5.41) is 13.5. The molecule has 4 rings (SSSR count). The van der Waals surface area contributed by atoms with Crippen LogP contribution >= 0.6 is 11.8 Å². The van der Waals surface area contributed by atoms with Crippen molar-refractivity contribution in [3.8, 4) is 28.5 Å². The maximum Gasteiger partial charge on any atom is 0.234 e. The van der Waals surface area contributed by atoms with Gasteiger partial charge in [-0.1, -0.05) is 66.7 Å². The van der Waals surface area contributed by atoms with Crippen LogP contribution < -0.4 is 5.32 Å². The van der Waals surface area contributed by atoms with Gasteiger partial charge in [0.15, 0.2) is 0 Å². The molecule has 6 heteroatoms. The third-order valence-corrected chi connectivity index (χ3v) is 6.59. The van der Waals surface area contributed by atoms with Crippen molar-refractivity contribution in [1.82, 2.24) is 4.98 Å². The molecular weight excluding hydrogens is 457 g/mol. The number of pyridine rings is 1. The average molecular weight is 482 g/mol. The Bertz CT molecular complexity index is 1390. The Hall–Kier alpha value is -3.95. The standard InChI is InChI=1S/C29H24FN3OS/c1-3-20-6-4-5-7-26(20)32-28(34)18-35-29-25(17-31)24(21-10-8-19(2)9-11-21)16-27(33-29)22-12-14-23(30)15-13-22/h4-16H,3,18H2,1-2H3,(H,32,34). The van der Waals surface area contributed by atoms with E-state index in [1.54, 1.807) is 12.1 Å². The average Bonchev–Trinajstić information content (AvgIpc) is 2.88. The van der Waals surface area contributed by atoms with Gasteiger partial charge in [-0.3, -0.25) is 4.79 Å². The minimum atomic E-state index is -0.334. The van der Waals surface area contributed by atoms with E-state index >= 15 is 0 Å². The summed E-state index contributed by atoms with van der Waals surface area (Å²) in [6, 6.07) is 25.8. The molecule has 1 aromatic heterocycles. The first-order valence-corrected chi connectivity index (χ1v) is 12.3. The Morgan fingerprint density at radius 3 is 2.40 bits per heavy atom. The van der Waals surface area contributed by atoms with Gasteiger partial charge in [-0.2, -0.15) is 5.26 Å². The zero-order valence-electron chi connectivity index (χ0n) is 19.5. The van der Waals surface area contributed by atoms with Crippen molar-refractivity contribution in [2.75, 3.05) is 11.1 Å². The number of carbonyl (C=O) groups is 1. The summed E-state index contributed by atoms with van der Waals surface area (Å²) < 4.78 is 13.5. The van der Waals surface area contributed by atoms with E-state index in [0.29, 0.717) is 16.3 Å². The highest BCUT2D eigenvalue weighted by molar-refractivity contribution is 8.00. The van der Waals surface area contributed by atoms with Crippen molar-refractivity contribution in [2.45, 2.75) is 25.3 Å². The van der Waals surface area contributed by atoms with Crippen molar-refractivity contribution < 1.29 is 9.18 Å². The summed E-state index contributed by atoms with van der Waals surface area (Å²) in [4.78, 5) is 17.5. The molecule has 0 aliphatic heterocycles. The van der Waals surface area contributed by atoms with Crippen LogP contribution in [0.1, 0.15) is 23.6 Å². The second kappa shape index (κ2) is 11.0. The van der Waals surface area contributed by atoms with Gasteiger partial charge >= 0.3 is 0 Å². The maximum atomic E-state index is 13.5. The SMILES string of the molecule is CCc1ccccc1NC(=O)CSc1nc(-c2ccc(F)cc2)cc(-c2ccc(C)cc2)c1C#N. The molecule has 0 aliphatic rings. The molecule has 1 heterocycles. The Labute approximate surface area is 208 Å². The summed E-state index contributed by atoms with van der Waals surface area (Å²) in [5.74, 6) is -0.412. The van der Waals surface area contributed by atoms with E-state index < -0.39 is 0 Å². The van der Waals surface area contributed by atoms with E-state index in [2.05, 4.69) is 11.4 Å². The Morgan fingerprint density at radius 1 is 1.03 bits per heavy atom. The Morgan fingerprint density at radius 2 is 1.71 bits per heavy atom. The van der Waals surface area contributed by atoms with Crippen molar-refractivity contribution in [3.05, 3.63) is 101 Å². The van der Waals surface area contributed by atoms with E-state index in [-0.39, 0.29) is 17.5 Å². The number of hydrogen-bond donors (Lipinski definition) is 1. The van der Waals surface area contributed by atoms with Gasteiger partial charge in [0.05, 0.1) is 17.0 Å². The van der Waals surface area contributed by atoms with Crippen LogP contribution in [0, 0.1) is 24.1 Å². The molecule has 174 valence electrons. The fourth-order valence-corrected chi connectivity index (χ4v) is 4.54. The zero-order chi connectivity index (χ0) is 24.8. The molecule has 1 N–H and O–H groups in total. The van der Waals surface area contributed by atoms with Crippen LogP contribution in [-0.4, -0.2) is 16.6 Å². The number of aromatic nitrogens is 1. The summed E-state index contributed by atoms with van der Waals surface area (Å²) in [7, 11) is 0. The normalized spacial score (nSPS) is 10.6. The fraction of sp³-hybridized carbons (Fsp3) is 0.138. The highest BCUT2D eigenvalue weighted by atomic mass is 32.2. The molecular formula is C29H24FN3OS. The summed E-state index contributed by atoms with van der Waals surface area (Å²) >= 11 is 1.22. The highest BCUT2D eigenvalue weighted by Gasteiger charge is 2.17. The lowest BCUT2D eigenvalue weighted by atomic mass is 9.98. The molecule has 0 fully saturated rings. The summed E-state index contributed by atoms with van der Waals surface area (Å²) in [5.41, 5.74) is 6.30. The van der Waals surface area contributed by atoms with E-state index in [0.717, 1.165) is 39.9 Å². The first-order chi connectivity index (χ1) is 17.0. The van der Waals surface area contributed by atoms with E-state index in [1.807, 2.05) is 68.4 Å². The molecule has 0 unspecified atom stereocenters. The molecule has 4 nitrogen and oxygen atoms in total.